The normalized spacial score (nSPS) is 20.0. The third-order valence-corrected chi connectivity index (χ3v) is 5.10. The first kappa shape index (κ1) is 15.8. The molecule has 2 aliphatic carbocycles. The van der Waals surface area contributed by atoms with Gasteiger partial charge in [-0.05, 0) is 62.1 Å². The van der Waals surface area contributed by atoms with Crippen LogP contribution in [0.2, 0.25) is 0 Å². The topological polar surface area (TPSA) is 32.7 Å². The monoisotopic (exact) mass is 303 g/mol. The van der Waals surface area contributed by atoms with Gasteiger partial charge in [0.15, 0.2) is 0 Å². The van der Waals surface area contributed by atoms with Crippen molar-refractivity contribution < 1.29 is 9.84 Å². The molecule has 0 spiro atoms. The maximum Gasteiger partial charge on any atom is 0.119 e. The van der Waals surface area contributed by atoms with Gasteiger partial charge in [-0.2, -0.15) is 0 Å². The van der Waals surface area contributed by atoms with Crippen molar-refractivity contribution in [2.24, 2.45) is 11.8 Å². The van der Waals surface area contributed by atoms with Crippen molar-refractivity contribution in [1.29, 1.82) is 0 Å². The van der Waals surface area contributed by atoms with Gasteiger partial charge in [0.1, 0.15) is 5.75 Å². The molecule has 3 nitrogen and oxygen atoms in total. The van der Waals surface area contributed by atoms with Crippen molar-refractivity contribution in [2.45, 2.75) is 51.6 Å². The largest absolute Gasteiger partial charge is 0.493 e. The van der Waals surface area contributed by atoms with Crippen molar-refractivity contribution in [3.8, 4) is 5.75 Å². The number of aliphatic hydroxyl groups excluding tert-OH is 1. The lowest BCUT2D eigenvalue weighted by Crippen LogP contribution is -2.40. The van der Waals surface area contributed by atoms with Crippen LogP contribution in [-0.2, 0) is 6.54 Å². The van der Waals surface area contributed by atoms with E-state index in [1.807, 2.05) is 0 Å². The highest BCUT2D eigenvalue weighted by atomic mass is 16.5. The van der Waals surface area contributed by atoms with Gasteiger partial charge in [-0.1, -0.05) is 18.6 Å². The Morgan fingerprint density at radius 1 is 1.14 bits per heavy atom. The Bertz CT molecular complexity index is 451. The van der Waals surface area contributed by atoms with Crippen LogP contribution in [0, 0.1) is 11.8 Å². The van der Waals surface area contributed by atoms with Gasteiger partial charge in [0.2, 0.25) is 0 Å². The summed E-state index contributed by atoms with van der Waals surface area (Å²) in [7, 11) is 0. The Kier molecular flexibility index (Phi) is 5.37. The summed E-state index contributed by atoms with van der Waals surface area (Å²) in [6.07, 6.45) is 6.73. The van der Waals surface area contributed by atoms with Crippen molar-refractivity contribution >= 4 is 0 Å². The summed E-state index contributed by atoms with van der Waals surface area (Å²) in [5, 5.41) is 9.50. The van der Waals surface area contributed by atoms with Gasteiger partial charge >= 0.3 is 0 Å². The Morgan fingerprint density at radius 2 is 1.86 bits per heavy atom. The highest BCUT2D eigenvalue weighted by Crippen LogP contribution is 2.30. The standard InChI is InChI=1S/C19H29NO2/c1-15(13-21)20(11-16-3-2-4-16)12-17-7-9-19(10-8-17)22-14-18-5-6-18/h7-10,15-16,18,21H,2-6,11-14H2,1H3. The van der Waals surface area contributed by atoms with E-state index in [2.05, 4.69) is 36.1 Å². The molecule has 1 aromatic carbocycles. The number of nitrogens with zero attached hydrogens (tertiary/aromatic N) is 1. The molecule has 0 radical (unpaired) electrons. The van der Waals surface area contributed by atoms with Gasteiger partial charge in [-0.15, -0.1) is 0 Å². The molecule has 1 atom stereocenters. The molecule has 2 aliphatic rings. The molecule has 2 fully saturated rings. The number of rotatable bonds is 9. The molecule has 0 heterocycles. The third kappa shape index (κ3) is 4.47. The maximum absolute atomic E-state index is 9.50. The van der Waals surface area contributed by atoms with Crippen molar-refractivity contribution in [1.82, 2.24) is 4.90 Å². The first-order valence-electron chi connectivity index (χ1n) is 8.81. The van der Waals surface area contributed by atoms with E-state index in [0.717, 1.165) is 37.3 Å². The molecule has 2 saturated carbocycles. The zero-order valence-corrected chi connectivity index (χ0v) is 13.7. The molecule has 0 aliphatic heterocycles. The number of ether oxygens (including phenoxy) is 1. The lowest BCUT2D eigenvalue weighted by Gasteiger charge is -2.35. The van der Waals surface area contributed by atoms with Crippen molar-refractivity contribution in [3.05, 3.63) is 29.8 Å². The van der Waals surface area contributed by atoms with Crippen LogP contribution in [0.1, 0.15) is 44.6 Å². The number of hydrogen-bond acceptors (Lipinski definition) is 3. The van der Waals surface area contributed by atoms with Gasteiger partial charge in [0.25, 0.3) is 0 Å². The second-order valence-corrected chi connectivity index (χ2v) is 7.16. The Balaban J connectivity index is 1.53. The molecular weight excluding hydrogens is 274 g/mol. The summed E-state index contributed by atoms with van der Waals surface area (Å²) < 4.78 is 5.80. The highest BCUT2D eigenvalue weighted by Gasteiger charge is 2.24. The van der Waals surface area contributed by atoms with Gasteiger partial charge in [0, 0.05) is 19.1 Å². The van der Waals surface area contributed by atoms with E-state index in [1.54, 1.807) is 0 Å². The summed E-state index contributed by atoms with van der Waals surface area (Å²) in [6.45, 7) is 5.25. The predicted molar refractivity (Wildman–Crippen MR) is 89.0 cm³/mol. The van der Waals surface area contributed by atoms with Crippen LogP contribution in [0.25, 0.3) is 0 Å². The van der Waals surface area contributed by atoms with Gasteiger partial charge < -0.3 is 9.84 Å². The fourth-order valence-corrected chi connectivity index (χ4v) is 2.95. The minimum absolute atomic E-state index is 0.228. The molecular formula is C19H29NO2. The summed E-state index contributed by atoms with van der Waals surface area (Å²) in [5.41, 5.74) is 1.30. The lowest BCUT2D eigenvalue weighted by atomic mass is 9.85. The molecule has 3 heteroatoms. The quantitative estimate of drug-likeness (QED) is 0.758. The molecule has 122 valence electrons. The summed E-state index contributed by atoms with van der Waals surface area (Å²) in [6, 6.07) is 8.73. The first-order valence-corrected chi connectivity index (χ1v) is 8.81. The van der Waals surface area contributed by atoms with Gasteiger partial charge in [-0.3, -0.25) is 4.90 Å². The van der Waals surface area contributed by atoms with Crippen LogP contribution in [-0.4, -0.2) is 35.8 Å². The summed E-state index contributed by atoms with van der Waals surface area (Å²) >= 11 is 0. The zero-order chi connectivity index (χ0) is 15.4. The van der Waals surface area contributed by atoms with E-state index in [9.17, 15) is 5.11 Å². The van der Waals surface area contributed by atoms with Crippen LogP contribution in [0.5, 0.6) is 5.75 Å². The minimum atomic E-state index is 0.228. The fourth-order valence-electron chi connectivity index (χ4n) is 2.95. The average molecular weight is 303 g/mol. The molecule has 1 N–H and O–H groups in total. The Hall–Kier alpha value is -1.06. The van der Waals surface area contributed by atoms with Gasteiger partial charge in [0.05, 0.1) is 13.2 Å². The van der Waals surface area contributed by atoms with Crippen molar-refractivity contribution in [2.75, 3.05) is 19.8 Å². The fraction of sp³-hybridized carbons (Fsp3) is 0.684. The van der Waals surface area contributed by atoms with Crippen LogP contribution in [0.15, 0.2) is 24.3 Å². The van der Waals surface area contributed by atoms with Crippen LogP contribution >= 0.6 is 0 Å². The second-order valence-electron chi connectivity index (χ2n) is 7.16. The highest BCUT2D eigenvalue weighted by molar-refractivity contribution is 5.27. The van der Waals surface area contributed by atoms with E-state index in [0.29, 0.717) is 0 Å². The SMILES string of the molecule is CC(CO)N(Cc1ccc(OCC2CC2)cc1)CC1CCC1. The lowest BCUT2D eigenvalue weighted by molar-refractivity contribution is 0.0918. The average Bonchev–Trinajstić information content (AvgIpc) is 3.32. The van der Waals surface area contributed by atoms with E-state index >= 15 is 0 Å². The molecule has 3 rings (SSSR count). The molecule has 0 amide bonds. The van der Waals surface area contributed by atoms with Gasteiger partial charge in [-0.25, -0.2) is 0 Å². The Labute approximate surface area is 134 Å². The first-order chi connectivity index (χ1) is 10.7. The second kappa shape index (κ2) is 7.47. The summed E-state index contributed by atoms with van der Waals surface area (Å²) in [5.74, 6) is 2.61. The predicted octanol–water partition coefficient (Wildman–Crippen LogP) is 3.46. The molecule has 0 saturated heterocycles. The van der Waals surface area contributed by atoms with Crippen molar-refractivity contribution in [3.63, 3.8) is 0 Å². The zero-order valence-electron chi connectivity index (χ0n) is 13.7. The number of aliphatic hydroxyl groups is 1. The molecule has 22 heavy (non-hydrogen) atoms. The number of benzene rings is 1. The van der Waals surface area contributed by atoms with E-state index in [1.165, 1.54) is 37.7 Å². The minimum Gasteiger partial charge on any atom is -0.493 e. The molecule has 1 unspecified atom stereocenters. The molecule has 0 bridgehead atoms. The van der Waals surface area contributed by atoms with E-state index < -0.39 is 0 Å². The van der Waals surface area contributed by atoms with E-state index in [4.69, 9.17) is 4.74 Å². The molecule has 0 aromatic heterocycles. The van der Waals surface area contributed by atoms with Crippen LogP contribution in [0.4, 0.5) is 0 Å². The smallest absolute Gasteiger partial charge is 0.119 e. The Morgan fingerprint density at radius 3 is 2.41 bits per heavy atom. The van der Waals surface area contributed by atoms with Crippen LogP contribution < -0.4 is 4.74 Å². The maximum atomic E-state index is 9.50. The van der Waals surface area contributed by atoms with Crippen LogP contribution in [0.3, 0.4) is 0 Å². The third-order valence-electron chi connectivity index (χ3n) is 5.10. The van der Waals surface area contributed by atoms with E-state index in [-0.39, 0.29) is 12.6 Å². The number of hydrogen-bond donors (Lipinski definition) is 1. The summed E-state index contributed by atoms with van der Waals surface area (Å²) in [4.78, 5) is 2.42. The molecule has 1 aromatic rings.